The molecule has 0 fully saturated rings. The van der Waals surface area contributed by atoms with Crippen molar-refractivity contribution in [3.63, 3.8) is 0 Å². The number of hydrogen-bond acceptors (Lipinski definition) is 5. The molecule has 0 aliphatic heterocycles. The average Bonchev–Trinajstić information content (AvgIpc) is 2.82. The molecule has 0 saturated heterocycles. The summed E-state index contributed by atoms with van der Waals surface area (Å²) in [7, 11) is 1.54. The van der Waals surface area contributed by atoms with Gasteiger partial charge in [-0.15, -0.1) is 0 Å². The number of ether oxygens (including phenoxy) is 1. The van der Waals surface area contributed by atoms with Gasteiger partial charge in [0.1, 0.15) is 29.8 Å². The number of halogens is 2. The fraction of sp³-hybridized carbons (Fsp3) is 0.120. The standard InChI is InChI=1S/C25H20F2N4O3/c1-31(20-8-7-17-14-28-15-29-22(17)13-20)24(32)23(11-16-9-18(26)12-19(27)10-16)30-25(33)34-21-5-3-2-4-6-21/h2-10,12-15,23H,11H2,1H3,(H,30,33)/t23-/m0/s1. The third-order valence-corrected chi connectivity index (χ3v) is 5.12. The number of hydrogen-bond donors (Lipinski definition) is 1. The Morgan fingerprint density at radius 3 is 2.50 bits per heavy atom. The van der Waals surface area contributed by atoms with Gasteiger partial charge in [0, 0.05) is 36.8 Å². The van der Waals surface area contributed by atoms with Crippen molar-refractivity contribution in [2.75, 3.05) is 11.9 Å². The van der Waals surface area contributed by atoms with Crippen LogP contribution >= 0.6 is 0 Å². The molecule has 4 rings (SSSR count). The lowest BCUT2D eigenvalue weighted by Gasteiger charge is -2.25. The largest absolute Gasteiger partial charge is 0.413 e. The van der Waals surface area contributed by atoms with Crippen molar-refractivity contribution < 1.29 is 23.1 Å². The molecule has 2 amide bonds. The molecule has 0 bridgehead atoms. The van der Waals surface area contributed by atoms with E-state index in [2.05, 4.69) is 15.3 Å². The topological polar surface area (TPSA) is 84.4 Å². The smallest absolute Gasteiger partial charge is 0.410 e. The van der Waals surface area contributed by atoms with Gasteiger partial charge in [-0.05, 0) is 48.0 Å². The summed E-state index contributed by atoms with van der Waals surface area (Å²) in [6.45, 7) is 0. The van der Waals surface area contributed by atoms with Crippen molar-refractivity contribution in [3.05, 3.63) is 96.5 Å². The molecule has 4 aromatic rings. The van der Waals surface area contributed by atoms with E-state index in [-0.39, 0.29) is 17.7 Å². The number of amides is 2. The maximum atomic E-state index is 13.7. The first-order chi connectivity index (χ1) is 16.4. The molecule has 0 radical (unpaired) electrons. The number of nitrogens with one attached hydrogen (secondary N) is 1. The van der Waals surface area contributed by atoms with E-state index in [4.69, 9.17) is 4.74 Å². The van der Waals surface area contributed by atoms with E-state index in [9.17, 15) is 18.4 Å². The normalized spacial score (nSPS) is 11.6. The summed E-state index contributed by atoms with van der Waals surface area (Å²) in [5, 5.41) is 3.31. The summed E-state index contributed by atoms with van der Waals surface area (Å²) in [6.07, 6.45) is 2.02. The van der Waals surface area contributed by atoms with Crippen LogP contribution in [0.25, 0.3) is 10.9 Å². The molecule has 0 saturated carbocycles. The number of aromatic nitrogens is 2. The first kappa shape index (κ1) is 22.8. The zero-order valence-electron chi connectivity index (χ0n) is 18.1. The summed E-state index contributed by atoms with van der Waals surface area (Å²) in [5.74, 6) is -1.79. The second kappa shape index (κ2) is 10.0. The lowest BCUT2D eigenvalue weighted by atomic mass is 10.0. The third-order valence-electron chi connectivity index (χ3n) is 5.12. The van der Waals surface area contributed by atoms with Gasteiger partial charge < -0.3 is 15.0 Å². The Bertz CT molecular complexity index is 1310. The molecule has 0 unspecified atom stereocenters. The number of benzene rings is 3. The van der Waals surface area contributed by atoms with E-state index in [1.54, 1.807) is 54.7 Å². The molecule has 7 nitrogen and oxygen atoms in total. The van der Waals surface area contributed by atoms with E-state index in [0.29, 0.717) is 11.2 Å². The van der Waals surface area contributed by atoms with Gasteiger partial charge in [0.25, 0.3) is 0 Å². The molecule has 1 aromatic heterocycles. The van der Waals surface area contributed by atoms with Crippen molar-refractivity contribution in [1.82, 2.24) is 15.3 Å². The Balaban J connectivity index is 1.59. The third kappa shape index (κ3) is 5.50. The van der Waals surface area contributed by atoms with E-state index >= 15 is 0 Å². The Labute approximate surface area is 194 Å². The number of anilines is 1. The molecule has 0 aliphatic rings. The highest BCUT2D eigenvalue weighted by Gasteiger charge is 2.27. The van der Waals surface area contributed by atoms with Gasteiger partial charge in [0.15, 0.2) is 0 Å². The van der Waals surface area contributed by atoms with Gasteiger partial charge >= 0.3 is 6.09 Å². The molecular weight excluding hydrogens is 442 g/mol. The van der Waals surface area contributed by atoms with E-state index in [0.717, 1.165) is 23.6 Å². The van der Waals surface area contributed by atoms with Gasteiger partial charge in [-0.3, -0.25) is 4.79 Å². The molecule has 34 heavy (non-hydrogen) atoms. The number of fused-ring (bicyclic) bond motifs is 1. The van der Waals surface area contributed by atoms with Gasteiger partial charge in [0.05, 0.1) is 5.52 Å². The molecule has 0 aliphatic carbocycles. The fourth-order valence-electron chi connectivity index (χ4n) is 3.46. The SMILES string of the molecule is CN(C(=O)[C@H](Cc1cc(F)cc(F)c1)NC(=O)Oc1ccccc1)c1ccc2cncnc2c1. The minimum atomic E-state index is -1.16. The van der Waals surface area contributed by atoms with Crippen LogP contribution in [0.5, 0.6) is 5.75 Å². The molecule has 1 atom stereocenters. The Kier molecular flexibility index (Phi) is 6.72. The van der Waals surface area contributed by atoms with Crippen LogP contribution in [0.3, 0.4) is 0 Å². The zero-order valence-corrected chi connectivity index (χ0v) is 18.1. The minimum absolute atomic E-state index is 0.155. The quantitative estimate of drug-likeness (QED) is 0.463. The maximum absolute atomic E-state index is 13.7. The zero-order chi connectivity index (χ0) is 24.1. The van der Waals surface area contributed by atoms with Crippen molar-refractivity contribution in [2.45, 2.75) is 12.5 Å². The van der Waals surface area contributed by atoms with Gasteiger partial charge in [-0.25, -0.2) is 23.5 Å². The van der Waals surface area contributed by atoms with Crippen molar-refractivity contribution in [2.24, 2.45) is 0 Å². The van der Waals surface area contributed by atoms with Crippen LogP contribution in [0.2, 0.25) is 0 Å². The Morgan fingerprint density at radius 2 is 1.76 bits per heavy atom. The number of nitrogens with zero attached hydrogens (tertiary/aromatic N) is 3. The number of carbonyl (C=O) groups is 2. The molecule has 1 heterocycles. The van der Waals surface area contributed by atoms with Gasteiger partial charge in [-0.2, -0.15) is 0 Å². The van der Waals surface area contributed by atoms with Crippen LogP contribution in [0, 0.1) is 11.6 Å². The van der Waals surface area contributed by atoms with Crippen molar-refractivity contribution in [1.29, 1.82) is 0 Å². The highest BCUT2D eigenvalue weighted by molar-refractivity contribution is 5.99. The molecule has 3 aromatic carbocycles. The summed E-state index contributed by atoms with van der Waals surface area (Å²) in [4.78, 5) is 35.4. The summed E-state index contributed by atoms with van der Waals surface area (Å²) < 4.78 is 32.7. The molecule has 1 N–H and O–H groups in total. The minimum Gasteiger partial charge on any atom is -0.410 e. The predicted octanol–water partition coefficient (Wildman–Crippen LogP) is 4.27. The monoisotopic (exact) mass is 462 g/mol. The second-order valence-electron chi connectivity index (χ2n) is 7.54. The number of likely N-dealkylation sites (N-methyl/N-ethyl adjacent to an activating group) is 1. The van der Waals surface area contributed by atoms with Crippen LogP contribution in [0.4, 0.5) is 19.3 Å². The number of para-hydroxylation sites is 1. The van der Waals surface area contributed by atoms with Gasteiger partial charge in [0.2, 0.25) is 5.91 Å². The second-order valence-corrected chi connectivity index (χ2v) is 7.54. The summed E-state index contributed by atoms with van der Waals surface area (Å²) in [6, 6.07) is 15.3. The Morgan fingerprint density at radius 1 is 1.03 bits per heavy atom. The summed E-state index contributed by atoms with van der Waals surface area (Å²) >= 11 is 0. The van der Waals surface area contributed by atoms with Crippen LogP contribution in [-0.2, 0) is 11.2 Å². The lowest BCUT2D eigenvalue weighted by Crippen LogP contribution is -2.49. The van der Waals surface area contributed by atoms with Gasteiger partial charge in [-0.1, -0.05) is 18.2 Å². The van der Waals surface area contributed by atoms with Crippen LogP contribution in [-0.4, -0.2) is 35.1 Å². The van der Waals surface area contributed by atoms with Crippen molar-refractivity contribution >= 4 is 28.6 Å². The van der Waals surface area contributed by atoms with Crippen LogP contribution < -0.4 is 15.0 Å². The summed E-state index contributed by atoms with van der Waals surface area (Å²) in [5.41, 5.74) is 1.35. The molecule has 9 heteroatoms. The van der Waals surface area contributed by atoms with E-state index < -0.39 is 29.7 Å². The van der Waals surface area contributed by atoms with Crippen molar-refractivity contribution in [3.8, 4) is 5.75 Å². The highest BCUT2D eigenvalue weighted by Crippen LogP contribution is 2.21. The molecular formula is C25H20F2N4O3. The number of rotatable bonds is 6. The Hall–Kier alpha value is -4.40. The van der Waals surface area contributed by atoms with E-state index in [1.165, 1.54) is 18.3 Å². The molecule has 172 valence electrons. The number of carbonyl (C=O) groups excluding carboxylic acids is 2. The maximum Gasteiger partial charge on any atom is 0.413 e. The highest BCUT2D eigenvalue weighted by atomic mass is 19.1. The average molecular weight is 462 g/mol. The van der Waals surface area contributed by atoms with Crippen LogP contribution in [0.15, 0.2) is 79.3 Å². The molecule has 0 spiro atoms. The predicted molar refractivity (Wildman–Crippen MR) is 122 cm³/mol. The first-order valence-corrected chi connectivity index (χ1v) is 10.3. The first-order valence-electron chi connectivity index (χ1n) is 10.3. The van der Waals surface area contributed by atoms with E-state index in [1.807, 2.05) is 0 Å². The lowest BCUT2D eigenvalue weighted by molar-refractivity contribution is -0.120. The fourth-order valence-corrected chi connectivity index (χ4v) is 3.46. The van der Waals surface area contributed by atoms with Crippen LogP contribution in [0.1, 0.15) is 5.56 Å².